The highest BCUT2D eigenvalue weighted by Gasteiger charge is 2.23. The van der Waals surface area contributed by atoms with Gasteiger partial charge in [-0.3, -0.25) is 5.32 Å². The van der Waals surface area contributed by atoms with E-state index in [0.717, 1.165) is 17.3 Å². The third-order valence-electron chi connectivity index (χ3n) is 3.06. The zero-order valence-electron chi connectivity index (χ0n) is 9.80. The van der Waals surface area contributed by atoms with E-state index in [2.05, 4.69) is 33.0 Å². The second-order valence-electron chi connectivity index (χ2n) is 4.15. The normalized spacial score (nSPS) is 20.0. The molecule has 0 spiro atoms. The highest BCUT2D eigenvalue weighted by molar-refractivity contribution is 7.99. The Kier molecular flexibility index (Phi) is 2.68. The van der Waals surface area contributed by atoms with E-state index in [1.165, 1.54) is 5.69 Å². The van der Waals surface area contributed by atoms with E-state index in [9.17, 15) is 0 Å². The molecule has 1 aliphatic rings. The average Bonchev–Trinajstić information content (AvgIpc) is 3.01. The second-order valence-corrected chi connectivity index (χ2v) is 5.18. The van der Waals surface area contributed by atoms with Crippen molar-refractivity contribution < 1.29 is 4.52 Å². The smallest absolute Gasteiger partial charge is 0.245 e. The molecule has 6 heteroatoms. The Morgan fingerprint density at radius 1 is 1.53 bits per heavy atom. The van der Waals surface area contributed by atoms with Crippen molar-refractivity contribution in [3.05, 3.63) is 23.7 Å². The van der Waals surface area contributed by atoms with Crippen LogP contribution in [0.15, 0.2) is 16.7 Å². The molecule has 0 aromatic carbocycles. The van der Waals surface area contributed by atoms with E-state index >= 15 is 0 Å². The zero-order chi connectivity index (χ0) is 11.8. The zero-order valence-corrected chi connectivity index (χ0v) is 10.6. The number of nitrogens with zero attached hydrogens (tertiary/aromatic N) is 3. The largest absolute Gasteiger partial charge is 0.345 e. The molecule has 90 valence electrons. The lowest BCUT2D eigenvalue weighted by molar-refractivity contribution is 0.351. The van der Waals surface area contributed by atoms with Gasteiger partial charge in [-0.05, 0) is 19.1 Å². The predicted molar refractivity (Wildman–Crippen MR) is 66.6 cm³/mol. The molecule has 1 aliphatic heterocycles. The quantitative estimate of drug-likeness (QED) is 0.879. The number of aromatic nitrogens is 3. The van der Waals surface area contributed by atoms with Crippen molar-refractivity contribution >= 4 is 11.8 Å². The Bertz CT molecular complexity index is 527. The van der Waals surface area contributed by atoms with Gasteiger partial charge in [0.25, 0.3) is 0 Å². The predicted octanol–water partition coefficient (Wildman–Crippen LogP) is 1.72. The van der Waals surface area contributed by atoms with Crippen LogP contribution in [-0.2, 0) is 7.05 Å². The van der Waals surface area contributed by atoms with Crippen molar-refractivity contribution in [2.24, 2.45) is 7.05 Å². The van der Waals surface area contributed by atoms with Crippen molar-refractivity contribution in [3.63, 3.8) is 0 Å². The van der Waals surface area contributed by atoms with Crippen molar-refractivity contribution in [1.29, 1.82) is 0 Å². The van der Waals surface area contributed by atoms with Crippen LogP contribution in [0.4, 0.5) is 0 Å². The third kappa shape index (κ3) is 1.87. The van der Waals surface area contributed by atoms with Gasteiger partial charge in [-0.15, -0.1) is 11.8 Å². The van der Waals surface area contributed by atoms with Crippen molar-refractivity contribution in [2.75, 3.05) is 11.6 Å². The Morgan fingerprint density at radius 3 is 3.06 bits per heavy atom. The minimum atomic E-state index is 0.197. The summed E-state index contributed by atoms with van der Waals surface area (Å²) in [5, 5.41) is 7.37. The summed E-state index contributed by atoms with van der Waals surface area (Å²) in [4.78, 5) is 4.46. The molecule has 2 aromatic rings. The second kappa shape index (κ2) is 4.19. The number of rotatable bonds is 2. The minimum absolute atomic E-state index is 0.197. The van der Waals surface area contributed by atoms with E-state index < -0.39 is 0 Å². The molecule has 17 heavy (non-hydrogen) atoms. The first-order chi connectivity index (χ1) is 8.25. The summed E-state index contributed by atoms with van der Waals surface area (Å²) in [7, 11) is 2.00. The lowest BCUT2D eigenvalue weighted by Crippen LogP contribution is -2.14. The topological polar surface area (TPSA) is 55.9 Å². The number of aryl methyl sites for hydroxylation is 1. The Hall–Kier alpha value is -1.27. The molecule has 0 saturated carbocycles. The SMILES string of the molecule is Cc1ccc(-c2noc(C3CSCN3)n2)n1C. The summed E-state index contributed by atoms with van der Waals surface area (Å²) in [6, 6.07) is 4.26. The standard InChI is InChI=1S/C11H14N4OS/c1-7-3-4-9(15(7)2)10-13-11(16-14-10)8-5-17-6-12-8/h3-4,8,12H,5-6H2,1-2H3. The highest BCUT2D eigenvalue weighted by atomic mass is 32.2. The number of hydrogen-bond acceptors (Lipinski definition) is 5. The first-order valence-electron chi connectivity index (χ1n) is 5.53. The average molecular weight is 250 g/mol. The molecule has 0 amide bonds. The summed E-state index contributed by atoms with van der Waals surface area (Å²) in [6.45, 7) is 2.06. The molecule has 5 nitrogen and oxygen atoms in total. The minimum Gasteiger partial charge on any atom is -0.345 e. The summed E-state index contributed by atoms with van der Waals surface area (Å²) in [6.07, 6.45) is 0. The maximum atomic E-state index is 5.32. The molecule has 2 aromatic heterocycles. The van der Waals surface area contributed by atoms with Crippen molar-refractivity contribution in [3.8, 4) is 11.5 Å². The van der Waals surface area contributed by atoms with Crippen LogP contribution in [0.2, 0.25) is 0 Å². The van der Waals surface area contributed by atoms with Gasteiger partial charge >= 0.3 is 0 Å². The highest BCUT2D eigenvalue weighted by Crippen LogP contribution is 2.25. The molecular weight excluding hydrogens is 236 g/mol. The Balaban J connectivity index is 1.91. The Morgan fingerprint density at radius 2 is 2.41 bits per heavy atom. The van der Waals surface area contributed by atoms with Crippen LogP contribution in [0, 0.1) is 6.92 Å². The van der Waals surface area contributed by atoms with Gasteiger partial charge in [0, 0.05) is 24.4 Å². The van der Waals surface area contributed by atoms with Gasteiger partial charge in [0.05, 0.1) is 11.7 Å². The lowest BCUT2D eigenvalue weighted by atomic mass is 10.3. The van der Waals surface area contributed by atoms with Gasteiger partial charge in [-0.25, -0.2) is 0 Å². The molecule has 3 rings (SSSR count). The molecule has 0 radical (unpaired) electrons. The fourth-order valence-corrected chi connectivity index (χ4v) is 2.81. The fourth-order valence-electron chi connectivity index (χ4n) is 1.87. The van der Waals surface area contributed by atoms with Gasteiger partial charge in [0.2, 0.25) is 11.7 Å². The number of hydrogen-bond donors (Lipinski definition) is 1. The fraction of sp³-hybridized carbons (Fsp3) is 0.455. The van der Waals surface area contributed by atoms with Crippen molar-refractivity contribution in [1.82, 2.24) is 20.0 Å². The first-order valence-corrected chi connectivity index (χ1v) is 6.68. The summed E-state index contributed by atoms with van der Waals surface area (Å²) in [5.41, 5.74) is 2.17. The molecule has 1 N–H and O–H groups in total. The van der Waals surface area contributed by atoms with Crippen LogP contribution in [0.3, 0.4) is 0 Å². The van der Waals surface area contributed by atoms with E-state index in [-0.39, 0.29) is 6.04 Å². The van der Waals surface area contributed by atoms with Gasteiger partial charge in [0.15, 0.2) is 0 Å². The number of thioether (sulfide) groups is 1. The van der Waals surface area contributed by atoms with E-state index in [1.54, 1.807) is 0 Å². The van der Waals surface area contributed by atoms with Crippen LogP contribution < -0.4 is 5.32 Å². The molecule has 1 fully saturated rings. The van der Waals surface area contributed by atoms with Crippen LogP contribution >= 0.6 is 11.8 Å². The molecule has 1 saturated heterocycles. The van der Waals surface area contributed by atoms with Gasteiger partial charge in [0.1, 0.15) is 0 Å². The monoisotopic (exact) mass is 250 g/mol. The van der Waals surface area contributed by atoms with Crippen LogP contribution in [0.25, 0.3) is 11.5 Å². The Labute approximate surface area is 104 Å². The third-order valence-corrected chi connectivity index (χ3v) is 4.00. The molecule has 3 heterocycles. The van der Waals surface area contributed by atoms with Crippen LogP contribution in [-0.4, -0.2) is 26.3 Å². The van der Waals surface area contributed by atoms with Crippen molar-refractivity contribution in [2.45, 2.75) is 13.0 Å². The van der Waals surface area contributed by atoms with E-state index in [0.29, 0.717) is 11.7 Å². The van der Waals surface area contributed by atoms with Crippen LogP contribution in [0.1, 0.15) is 17.6 Å². The molecular formula is C11H14N4OS. The summed E-state index contributed by atoms with van der Waals surface area (Å²) in [5.74, 6) is 3.29. The molecule has 0 bridgehead atoms. The van der Waals surface area contributed by atoms with Gasteiger partial charge < -0.3 is 9.09 Å². The van der Waals surface area contributed by atoms with Crippen LogP contribution in [0.5, 0.6) is 0 Å². The first kappa shape index (κ1) is 10.9. The van der Waals surface area contributed by atoms with Gasteiger partial charge in [-0.2, -0.15) is 4.98 Å². The maximum Gasteiger partial charge on any atom is 0.245 e. The lowest BCUT2D eigenvalue weighted by Gasteiger charge is -2.01. The van der Waals surface area contributed by atoms with E-state index in [1.807, 2.05) is 24.9 Å². The van der Waals surface area contributed by atoms with E-state index in [4.69, 9.17) is 4.52 Å². The summed E-state index contributed by atoms with van der Waals surface area (Å²) < 4.78 is 7.38. The number of nitrogens with one attached hydrogen (secondary N) is 1. The molecule has 0 aliphatic carbocycles. The molecule has 1 unspecified atom stereocenters. The maximum absolute atomic E-state index is 5.32. The molecule has 1 atom stereocenters. The van der Waals surface area contributed by atoms with Gasteiger partial charge in [-0.1, -0.05) is 5.16 Å². The summed E-state index contributed by atoms with van der Waals surface area (Å²) >= 11 is 1.85.